The monoisotopic (exact) mass is 471 g/mol. The van der Waals surface area contributed by atoms with E-state index in [4.69, 9.17) is 25.8 Å². The van der Waals surface area contributed by atoms with E-state index in [0.29, 0.717) is 34.1 Å². The maximum atomic E-state index is 12.8. The van der Waals surface area contributed by atoms with Crippen LogP contribution >= 0.6 is 11.6 Å². The summed E-state index contributed by atoms with van der Waals surface area (Å²) in [7, 11) is 0. The third-order valence-electron chi connectivity index (χ3n) is 6.15. The highest BCUT2D eigenvalue weighted by atomic mass is 35.5. The topological polar surface area (TPSA) is 107 Å². The highest BCUT2D eigenvalue weighted by molar-refractivity contribution is 6.32. The summed E-state index contributed by atoms with van der Waals surface area (Å²) in [6.45, 7) is 2.69. The molecule has 2 saturated heterocycles. The fraction of sp³-hybridized carbons (Fsp3) is 0.458. The third-order valence-corrected chi connectivity index (χ3v) is 6.47. The van der Waals surface area contributed by atoms with Crippen molar-refractivity contribution in [2.75, 3.05) is 13.2 Å². The van der Waals surface area contributed by atoms with E-state index >= 15 is 0 Å². The number of aryl methyl sites for hydroxylation is 1. The molecule has 0 amide bonds. The smallest absolute Gasteiger partial charge is 0.296 e. The second-order valence-corrected chi connectivity index (χ2v) is 8.96. The van der Waals surface area contributed by atoms with Gasteiger partial charge < -0.3 is 24.3 Å². The van der Waals surface area contributed by atoms with Crippen molar-refractivity contribution in [2.24, 2.45) is 0 Å². The molecule has 0 radical (unpaired) electrons. The number of fused-ring (bicyclic) bond motifs is 2. The first kappa shape index (κ1) is 22.3. The Labute approximate surface area is 196 Å². The number of Topliss-reactive ketones (excluding diaryl/α,β-unsaturated/α-hetero) is 1. The summed E-state index contributed by atoms with van der Waals surface area (Å²) in [4.78, 5) is 24.7. The van der Waals surface area contributed by atoms with Gasteiger partial charge in [-0.25, -0.2) is 4.98 Å². The molecule has 33 heavy (non-hydrogen) atoms. The molecule has 5 rings (SSSR count). The van der Waals surface area contributed by atoms with Crippen molar-refractivity contribution in [3.8, 4) is 6.01 Å². The third kappa shape index (κ3) is 4.61. The Morgan fingerprint density at radius 3 is 2.79 bits per heavy atom. The highest BCUT2D eigenvalue weighted by Crippen LogP contribution is 2.30. The number of aromatic amines is 1. The number of hydrogen-bond acceptors (Lipinski definition) is 7. The maximum absolute atomic E-state index is 12.8. The summed E-state index contributed by atoms with van der Waals surface area (Å²) in [6, 6.07) is 9.69. The van der Waals surface area contributed by atoms with Gasteiger partial charge in [-0.05, 0) is 24.5 Å². The first-order valence-electron chi connectivity index (χ1n) is 11.3. The molecule has 2 N–H and O–H groups in total. The fourth-order valence-corrected chi connectivity index (χ4v) is 4.51. The zero-order valence-electron chi connectivity index (χ0n) is 18.3. The molecule has 0 aliphatic carbocycles. The molecule has 2 aliphatic rings. The molecule has 4 heterocycles. The van der Waals surface area contributed by atoms with Gasteiger partial charge in [-0.2, -0.15) is 4.98 Å². The van der Waals surface area contributed by atoms with Crippen LogP contribution in [0.1, 0.15) is 41.4 Å². The van der Waals surface area contributed by atoms with Crippen molar-refractivity contribution in [3.63, 3.8) is 0 Å². The minimum absolute atomic E-state index is 0.0520. The standard InChI is InChI=1S/C24H26ClN3O5/c1-2-3-4-13-5-7-14(8-6-13)18(29)10-16-15(25)9-17-23(26-16)28-24(27-17)33-20-12-32-21-19(30)11-31-22(20)21/h5-9,19-22,30H,2-4,10-12H2,1H3,(H,26,27,28)/t19-,20-,21-,22-/m1/s1. The van der Waals surface area contributed by atoms with Gasteiger partial charge in [0.05, 0.1) is 35.9 Å². The van der Waals surface area contributed by atoms with E-state index in [1.54, 1.807) is 6.07 Å². The van der Waals surface area contributed by atoms with Crippen molar-refractivity contribution >= 4 is 28.5 Å². The van der Waals surface area contributed by atoms with Gasteiger partial charge in [0.25, 0.3) is 6.01 Å². The molecule has 0 bridgehead atoms. The molecule has 2 aromatic heterocycles. The number of benzene rings is 1. The summed E-state index contributed by atoms with van der Waals surface area (Å²) in [5, 5.41) is 10.3. The summed E-state index contributed by atoms with van der Waals surface area (Å²) in [5.41, 5.74) is 3.35. The molecule has 0 unspecified atom stereocenters. The van der Waals surface area contributed by atoms with Crippen LogP contribution in [0.3, 0.4) is 0 Å². The molecule has 174 valence electrons. The van der Waals surface area contributed by atoms with Gasteiger partial charge in [0.1, 0.15) is 18.3 Å². The van der Waals surface area contributed by atoms with E-state index in [0.717, 1.165) is 19.3 Å². The molecule has 0 spiro atoms. The number of nitrogens with zero attached hydrogens (tertiary/aromatic N) is 2. The number of nitrogens with one attached hydrogen (secondary N) is 1. The number of unbranched alkanes of at least 4 members (excludes halogenated alkanes) is 1. The van der Waals surface area contributed by atoms with Gasteiger partial charge >= 0.3 is 0 Å². The molecule has 0 saturated carbocycles. The number of aliphatic hydroxyl groups is 1. The lowest BCUT2D eigenvalue weighted by Crippen LogP contribution is -2.34. The largest absolute Gasteiger partial charge is 0.456 e. The minimum Gasteiger partial charge on any atom is -0.456 e. The van der Waals surface area contributed by atoms with E-state index in [2.05, 4.69) is 21.9 Å². The number of aliphatic hydroxyl groups excluding tert-OH is 1. The number of carbonyl (C=O) groups is 1. The van der Waals surface area contributed by atoms with Gasteiger partial charge in [0.2, 0.25) is 0 Å². The Hall–Kier alpha value is -2.52. The van der Waals surface area contributed by atoms with Gasteiger partial charge in [0.15, 0.2) is 17.5 Å². The highest BCUT2D eigenvalue weighted by Gasteiger charge is 2.48. The van der Waals surface area contributed by atoms with Gasteiger partial charge in [-0.3, -0.25) is 4.79 Å². The molecule has 8 nitrogen and oxygen atoms in total. The van der Waals surface area contributed by atoms with Gasteiger partial charge in [0, 0.05) is 5.56 Å². The van der Waals surface area contributed by atoms with Crippen LogP contribution in [-0.4, -0.2) is 63.5 Å². The summed E-state index contributed by atoms with van der Waals surface area (Å²) >= 11 is 6.41. The number of ether oxygens (including phenoxy) is 3. The molecule has 2 aliphatic heterocycles. The van der Waals surface area contributed by atoms with E-state index in [1.165, 1.54) is 5.56 Å². The number of ketones is 1. The second kappa shape index (κ2) is 9.38. The van der Waals surface area contributed by atoms with E-state index in [1.807, 2.05) is 24.3 Å². The zero-order chi connectivity index (χ0) is 22.9. The van der Waals surface area contributed by atoms with Gasteiger partial charge in [-0.1, -0.05) is 49.2 Å². The van der Waals surface area contributed by atoms with Gasteiger partial charge in [-0.15, -0.1) is 0 Å². The molecular weight excluding hydrogens is 446 g/mol. The number of H-pyrrole nitrogens is 1. The van der Waals surface area contributed by atoms with Crippen LogP contribution in [0.25, 0.3) is 11.2 Å². The number of pyridine rings is 1. The van der Waals surface area contributed by atoms with Crippen LogP contribution in [0.2, 0.25) is 5.02 Å². The predicted molar refractivity (Wildman–Crippen MR) is 122 cm³/mol. The number of rotatable bonds is 8. The van der Waals surface area contributed by atoms with Crippen molar-refractivity contribution in [1.82, 2.24) is 15.0 Å². The average molecular weight is 472 g/mol. The Morgan fingerprint density at radius 1 is 1.21 bits per heavy atom. The molecule has 4 atom stereocenters. The number of hydrogen-bond donors (Lipinski definition) is 2. The van der Waals surface area contributed by atoms with Crippen molar-refractivity contribution in [1.29, 1.82) is 0 Å². The van der Waals surface area contributed by atoms with Crippen molar-refractivity contribution < 1.29 is 24.1 Å². The Morgan fingerprint density at radius 2 is 2.00 bits per heavy atom. The van der Waals surface area contributed by atoms with Crippen LogP contribution < -0.4 is 4.74 Å². The van der Waals surface area contributed by atoms with E-state index < -0.39 is 6.10 Å². The average Bonchev–Trinajstić information content (AvgIpc) is 3.50. The molecule has 9 heteroatoms. The predicted octanol–water partition coefficient (Wildman–Crippen LogP) is 3.29. The molecule has 1 aromatic carbocycles. The van der Waals surface area contributed by atoms with E-state index in [9.17, 15) is 9.90 Å². The number of imidazole rings is 1. The quantitative estimate of drug-likeness (QED) is 0.485. The Bertz CT molecular complexity index is 1150. The molecule has 2 fully saturated rings. The van der Waals surface area contributed by atoms with Crippen LogP contribution in [0.15, 0.2) is 30.3 Å². The lowest BCUT2D eigenvalue weighted by Gasteiger charge is -2.15. The SMILES string of the molecule is CCCCc1ccc(C(=O)Cc2nc3nc(O[C@@H]4CO[C@H]5[C@@H]4OC[C@H]5O)[nH]c3cc2Cl)cc1. The minimum atomic E-state index is -0.646. The van der Waals surface area contributed by atoms with Crippen LogP contribution in [0.4, 0.5) is 0 Å². The van der Waals surface area contributed by atoms with Crippen LogP contribution in [0, 0.1) is 0 Å². The first-order valence-corrected chi connectivity index (χ1v) is 11.6. The summed E-state index contributed by atoms with van der Waals surface area (Å²) < 4.78 is 17.1. The van der Waals surface area contributed by atoms with Crippen LogP contribution in [-0.2, 0) is 22.3 Å². The normalized spacial score (nSPS) is 24.3. The van der Waals surface area contributed by atoms with Crippen molar-refractivity contribution in [3.05, 3.63) is 52.2 Å². The Kier molecular flexibility index (Phi) is 6.34. The zero-order valence-corrected chi connectivity index (χ0v) is 19.0. The molecular formula is C24H26ClN3O5. The van der Waals surface area contributed by atoms with Crippen molar-refractivity contribution in [2.45, 2.75) is 57.0 Å². The number of carbonyl (C=O) groups excluding carboxylic acids is 1. The second-order valence-electron chi connectivity index (χ2n) is 8.55. The summed E-state index contributed by atoms with van der Waals surface area (Å²) in [6.07, 6.45) is 1.61. The lowest BCUT2D eigenvalue weighted by atomic mass is 10.0. The maximum Gasteiger partial charge on any atom is 0.296 e. The number of aromatic nitrogens is 3. The Balaban J connectivity index is 1.28. The lowest BCUT2D eigenvalue weighted by molar-refractivity contribution is 0.00706. The first-order chi connectivity index (χ1) is 16.0. The van der Waals surface area contributed by atoms with E-state index in [-0.39, 0.29) is 43.1 Å². The molecule has 3 aromatic rings. The van der Waals surface area contributed by atoms with Crippen LogP contribution in [0.5, 0.6) is 6.01 Å². The number of halogens is 1. The fourth-order valence-electron chi connectivity index (χ4n) is 4.29. The summed E-state index contributed by atoms with van der Waals surface area (Å²) in [5.74, 6) is -0.0520.